The fourth-order valence-corrected chi connectivity index (χ4v) is 3.97. The van der Waals surface area contributed by atoms with E-state index in [9.17, 15) is 19.2 Å². The molecule has 2 aromatic rings. The molecule has 214 valence electrons. The molecular weight excluding hydrogens is 516 g/mol. The minimum atomic E-state index is -1.30. The number of rotatable bonds is 15. The second-order valence-corrected chi connectivity index (χ2v) is 9.50. The van der Waals surface area contributed by atoms with Gasteiger partial charge in [0.05, 0.1) is 13.7 Å². The molecule has 1 atom stereocenters. The molecule has 10 heteroatoms. The van der Waals surface area contributed by atoms with Gasteiger partial charge in [-0.1, -0.05) is 38.8 Å². The zero-order chi connectivity index (χ0) is 29.1. The lowest BCUT2D eigenvalue weighted by molar-refractivity contribution is -0.0823. The monoisotopic (exact) mass is 552 g/mol. The van der Waals surface area contributed by atoms with Gasteiger partial charge in [-0.05, 0) is 55.0 Å². The van der Waals surface area contributed by atoms with Gasteiger partial charge in [-0.15, -0.1) is 0 Å². The van der Waals surface area contributed by atoms with E-state index in [1.165, 1.54) is 32.2 Å². The number of ether oxygens (including phenoxy) is 4. The maximum atomic E-state index is 13.3. The van der Waals surface area contributed by atoms with E-state index in [0.29, 0.717) is 42.0 Å². The summed E-state index contributed by atoms with van der Waals surface area (Å²) >= 11 is 0. The number of pyridine rings is 1. The van der Waals surface area contributed by atoms with Crippen LogP contribution in [0.15, 0.2) is 30.8 Å². The fourth-order valence-electron chi connectivity index (χ4n) is 3.97. The molecule has 1 aromatic heterocycles. The molecule has 0 spiro atoms. The zero-order valence-corrected chi connectivity index (χ0v) is 23.2. The second-order valence-electron chi connectivity index (χ2n) is 9.50. The van der Waals surface area contributed by atoms with Gasteiger partial charge in [0.1, 0.15) is 11.4 Å². The van der Waals surface area contributed by atoms with Gasteiger partial charge < -0.3 is 24.3 Å². The van der Waals surface area contributed by atoms with E-state index < -0.39 is 24.3 Å². The number of hydrogen-bond donors (Lipinski definition) is 1. The van der Waals surface area contributed by atoms with Gasteiger partial charge in [0.25, 0.3) is 5.91 Å². The average molecular weight is 553 g/mol. The summed E-state index contributed by atoms with van der Waals surface area (Å²) in [6.07, 6.45) is 5.73. The number of hydrogen-bond acceptors (Lipinski definition) is 9. The zero-order valence-electron chi connectivity index (χ0n) is 23.2. The van der Waals surface area contributed by atoms with E-state index in [1.54, 1.807) is 12.1 Å². The third-order valence-electron chi connectivity index (χ3n) is 6.36. The Labute approximate surface area is 234 Å². The predicted octanol–water partition coefficient (Wildman–Crippen LogP) is 5.59. The summed E-state index contributed by atoms with van der Waals surface area (Å²) < 4.78 is 20.9. The minimum absolute atomic E-state index is 0.00117. The molecule has 1 saturated carbocycles. The van der Waals surface area contributed by atoms with Crippen LogP contribution in [-0.4, -0.2) is 55.9 Å². The highest BCUT2D eigenvalue weighted by atomic mass is 16.8. The first-order valence-electron chi connectivity index (χ1n) is 13.4. The Morgan fingerprint density at radius 1 is 1.10 bits per heavy atom. The van der Waals surface area contributed by atoms with Crippen molar-refractivity contribution in [2.75, 3.05) is 20.3 Å². The summed E-state index contributed by atoms with van der Waals surface area (Å²) in [7, 11) is 1.47. The van der Waals surface area contributed by atoms with E-state index in [1.807, 2.05) is 0 Å². The van der Waals surface area contributed by atoms with Crippen molar-refractivity contribution in [3.05, 3.63) is 53.4 Å². The van der Waals surface area contributed by atoms with Gasteiger partial charge in [0, 0.05) is 30.2 Å². The molecule has 1 unspecified atom stereocenters. The van der Waals surface area contributed by atoms with Crippen LogP contribution in [0.3, 0.4) is 0 Å². The highest BCUT2D eigenvalue weighted by Crippen LogP contribution is 2.33. The molecule has 1 heterocycles. The lowest BCUT2D eigenvalue weighted by atomic mass is 9.95. The summed E-state index contributed by atoms with van der Waals surface area (Å²) in [6.45, 7) is 7.89. The maximum Gasteiger partial charge on any atom is 0.511 e. The van der Waals surface area contributed by atoms with Crippen molar-refractivity contribution in [3.8, 4) is 16.9 Å². The number of nitrogens with one attached hydrogen (secondary N) is 1. The number of carbonyl (C=O) groups excluding carboxylic acids is 4. The normalized spacial score (nSPS) is 13.1. The van der Waals surface area contributed by atoms with Crippen LogP contribution < -0.4 is 10.1 Å². The molecular formula is C30H36N2O8. The standard InChI is InChI=1S/C30H36N2O8/c1-5-7-8-9-14-38-30(36)40-19(3)39-29(35)27-23(12-13-25(32-27)28(34)31-17-20-10-11-20)24-16-26(37-4)21(6-2)15-22(24)18-33/h6,12-13,15-16,18-20H,2,5,7-11,14,17H2,1,3-4H3,(H,31,34). The van der Waals surface area contributed by atoms with Crippen molar-refractivity contribution < 1.29 is 38.1 Å². The van der Waals surface area contributed by atoms with Crippen LogP contribution in [-0.2, 0) is 14.2 Å². The molecule has 0 radical (unpaired) electrons. The summed E-state index contributed by atoms with van der Waals surface area (Å²) in [4.78, 5) is 54.3. The number of methoxy groups -OCH3 is 1. The molecule has 3 rings (SSSR count). The lowest BCUT2D eigenvalue weighted by Crippen LogP contribution is -2.28. The highest BCUT2D eigenvalue weighted by Gasteiger charge is 2.26. The third-order valence-corrected chi connectivity index (χ3v) is 6.36. The number of aldehydes is 1. The molecule has 40 heavy (non-hydrogen) atoms. The number of nitrogens with zero attached hydrogens (tertiary/aromatic N) is 1. The SMILES string of the molecule is C=Cc1cc(C=O)c(-c2ccc(C(=O)NCC3CC3)nc2C(=O)OC(C)OC(=O)OCCCCCC)cc1OC. The Balaban J connectivity index is 1.87. The summed E-state index contributed by atoms with van der Waals surface area (Å²) in [5, 5.41) is 2.81. The van der Waals surface area contributed by atoms with Crippen LogP contribution in [0.2, 0.25) is 0 Å². The van der Waals surface area contributed by atoms with E-state index in [2.05, 4.69) is 23.8 Å². The third kappa shape index (κ3) is 8.39. The Kier molecular flexibility index (Phi) is 11.2. The molecule has 1 amide bonds. The number of benzene rings is 1. The van der Waals surface area contributed by atoms with Gasteiger partial charge in [-0.3, -0.25) is 9.59 Å². The Morgan fingerprint density at radius 2 is 1.88 bits per heavy atom. The van der Waals surface area contributed by atoms with Crippen molar-refractivity contribution in [1.29, 1.82) is 0 Å². The van der Waals surface area contributed by atoms with Crippen LogP contribution in [0, 0.1) is 5.92 Å². The summed E-state index contributed by atoms with van der Waals surface area (Å²) in [6, 6.07) is 6.13. The first-order chi connectivity index (χ1) is 19.3. The largest absolute Gasteiger partial charge is 0.511 e. The summed E-state index contributed by atoms with van der Waals surface area (Å²) in [5.41, 5.74) is 1.15. The van der Waals surface area contributed by atoms with Gasteiger partial charge >= 0.3 is 12.1 Å². The van der Waals surface area contributed by atoms with Gasteiger partial charge in [-0.25, -0.2) is 14.6 Å². The molecule has 0 aliphatic heterocycles. The lowest BCUT2D eigenvalue weighted by Gasteiger charge is -2.17. The van der Waals surface area contributed by atoms with Gasteiger partial charge in [-0.2, -0.15) is 0 Å². The highest BCUT2D eigenvalue weighted by molar-refractivity contribution is 6.01. The van der Waals surface area contributed by atoms with Crippen LogP contribution in [0.1, 0.15) is 89.3 Å². The molecule has 1 N–H and O–H groups in total. The predicted molar refractivity (Wildman–Crippen MR) is 148 cm³/mol. The maximum absolute atomic E-state index is 13.3. The van der Waals surface area contributed by atoms with E-state index in [-0.39, 0.29) is 29.1 Å². The van der Waals surface area contributed by atoms with Crippen LogP contribution in [0.5, 0.6) is 5.75 Å². The van der Waals surface area contributed by atoms with Crippen molar-refractivity contribution in [2.24, 2.45) is 5.92 Å². The Hall–Kier alpha value is -4.21. The molecule has 1 aromatic carbocycles. The molecule has 1 aliphatic carbocycles. The van der Waals surface area contributed by atoms with E-state index in [4.69, 9.17) is 18.9 Å². The first kappa shape index (κ1) is 30.3. The van der Waals surface area contributed by atoms with Crippen molar-refractivity contribution >= 4 is 30.4 Å². The number of unbranched alkanes of at least 4 members (excludes halogenated alkanes) is 3. The Morgan fingerprint density at radius 3 is 2.52 bits per heavy atom. The van der Waals surface area contributed by atoms with Crippen LogP contribution >= 0.6 is 0 Å². The average Bonchev–Trinajstić information content (AvgIpc) is 3.79. The smallest absolute Gasteiger partial charge is 0.496 e. The van der Waals surface area contributed by atoms with E-state index in [0.717, 1.165) is 32.1 Å². The number of carbonyl (C=O) groups is 4. The van der Waals surface area contributed by atoms with Crippen molar-refractivity contribution in [2.45, 2.75) is 58.7 Å². The topological polar surface area (TPSA) is 130 Å². The van der Waals surface area contributed by atoms with Crippen LogP contribution in [0.4, 0.5) is 4.79 Å². The molecule has 1 aliphatic rings. The van der Waals surface area contributed by atoms with Crippen molar-refractivity contribution in [3.63, 3.8) is 0 Å². The fraction of sp³-hybridized carbons (Fsp3) is 0.433. The number of amides is 1. The minimum Gasteiger partial charge on any atom is -0.496 e. The quantitative estimate of drug-likeness (QED) is 0.130. The van der Waals surface area contributed by atoms with Gasteiger partial charge in [0.2, 0.25) is 6.29 Å². The summed E-state index contributed by atoms with van der Waals surface area (Å²) in [5.74, 6) is -0.542. The number of esters is 1. The van der Waals surface area contributed by atoms with E-state index >= 15 is 0 Å². The van der Waals surface area contributed by atoms with Gasteiger partial charge in [0.15, 0.2) is 12.0 Å². The second kappa shape index (κ2) is 14.8. The Bertz CT molecular complexity index is 1240. The molecule has 0 saturated heterocycles. The van der Waals surface area contributed by atoms with Crippen molar-refractivity contribution in [1.82, 2.24) is 10.3 Å². The molecule has 10 nitrogen and oxygen atoms in total. The molecule has 1 fully saturated rings. The van der Waals surface area contributed by atoms with Crippen LogP contribution in [0.25, 0.3) is 17.2 Å². The molecule has 0 bridgehead atoms. The number of aromatic nitrogens is 1. The first-order valence-corrected chi connectivity index (χ1v) is 13.4.